The van der Waals surface area contributed by atoms with Crippen molar-refractivity contribution in [1.82, 2.24) is 4.98 Å². The van der Waals surface area contributed by atoms with Crippen LogP contribution in [0.25, 0.3) is 0 Å². The van der Waals surface area contributed by atoms with E-state index in [4.69, 9.17) is 4.55 Å². The molecule has 12 heavy (non-hydrogen) atoms. The molecule has 61 valence electrons. The molecule has 0 fully saturated rings. The molecule has 1 aromatic rings. The van der Waals surface area contributed by atoms with Crippen molar-refractivity contribution in [2.75, 3.05) is 0 Å². The summed E-state index contributed by atoms with van der Waals surface area (Å²) in [6.07, 6.45) is 1.47. The molecule has 0 saturated carbocycles. The van der Waals surface area contributed by atoms with E-state index < -0.39 is 15.9 Å². The summed E-state index contributed by atoms with van der Waals surface area (Å²) in [7, 11) is -3.94. The molecule has 0 amide bonds. The van der Waals surface area contributed by atoms with Crippen LogP contribution < -0.4 is 0 Å². The van der Waals surface area contributed by atoms with Crippen LogP contribution in [0.1, 0.15) is 5.69 Å². The van der Waals surface area contributed by atoms with Gasteiger partial charge in [-0.15, -0.1) is 0 Å². The van der Waals surface area contributed by atoms with Crippen molar-refractivity contribution in [3.63, 3.8) is 0 Å². The summed E-state index contributed by atoms with van der Waals surface area (Å²) in [4.78, 5) is 3.72. The van der Waals surface area contributed by atoms with Gasteiger partial charge in [0.15, 0.2) is 0 Å². The maximum atomic E-state index is 10.3. The molecule has 6 heteroatoms. The second kappa shape index (κ2) is 4.94. The van der Waals surface area contributed by atoms with E-state index in [-0.39, 0.29) is 29.6 Å². The smallest absolute Gasteiger partial charge is 0.270 e. The first kappa shape index (κ1) is 12.1. The average molecular weight is 196 g/mol. The first-order valence-electron chi connectivity index (χ1n) is 2.93. The summed E-state index contributed by atoms with van der Waals surface area (Å²) < 4.78 is 29.0. The van der Waals surface area contributed by atoms with E-state index in [1.807, 2.05) is 0 Å². The Balaban J connectivity index is 0.00000121. The van der Waals surface area contributed by atoms with Crippen LogP contribution in [0.15, 0.2) is 24.4 Å². The third-order valence-corrected chi connectivity index (χ3v) is 1.72. The van der Waals surface area contributed by atoms with Crippen LogP contribution in [0.2, 0.25) is 0 Å². The van der Waals surface area contributed by atoms with Crippen LogP contribution in [0.5, 0.6) is 0 Å². The van der Waals surface area contributed by atoms with E-state index >= 15 is 0 Å². The predicted molar refractivity (Wildman–Crippen MR) is 45.2 cm³/mol. The summed E-state index contributed by atoms with van der Waals surface area (Å²) in [6.45, 7) is 0. The van der Waals surface area contributed by atoms with Crippen molar-refractivity contribution in [3.8, 4) is 0 Å². The normalized spacial score (nSPS) is 10.4. The van der Waals surface area contributed by atoms with Gasteiger partial charge in [0.05, 0.1) is 5.69 Å². The van der Waals surface area contributed by atoms with Crippen molar-refractivity contribution in [2.24, 2.45) is 0 Å². The van der Waals surface area contributed by atoms with Gasteiger partial charge >= 0.3 is 0 Å². The van der Waals surface area contributed by atoms with E-state index in [0.29, 0.717) is 5.69 Å². The van der Waals surface area contributed by atoms with Crippen LogP contribution in [0.3, 0.4) is 0 Å². The van der Waals surface area contributed by atoms with Crippen LogP contribution >= 0.6 is 0 Å². The Kier molecular flexibility index (Phi) is 4.96. The molecule has 0 aliphatic heterocycles. The number of aromatic nitrogens is 1. The molecular weight excluding hydrogens is 189 g/mol. The SMILES string of the molecule is O=S(=O)(O)Cc1ccccn1.[Na]. The topological polar surface area (TPSA) is 67.3 Å². The standard InChI is InChI=1S/C6H7NO3S.Na/c8-11(9,10)5-6-3-1-2-4-7-6;/h1-4H,5H2,(H,8,9,10);. The van der Waals surface area contributed by atoms with Gasteiger partial charge in [-0.25, -0.2) is 0 Å². The van der Waals surface area contributed by atoms with Crippen molar-refractivity contribution in [3.05, 3.63) is 30.1 Å². The van der Waals surface area contributed by atoms with Gasteiger partial charge in [-0.2, -0.15) is 8.42 Å². The maximum Gasteiger partial charge on any atom is 0.270 e. The molecule has 0 aromatic carbocycles. The molecule has 0 atom stereocenters. The van der Waals surface area contributed by atoms with Crippen LogP contribution in [0.4, 0.5) is 0 Å². The van der Waals surface area contributed by atoms with Gasteiger partial charge in [-0.3, -0.25) is 9.54 Å². The number of hydrogen-bond donors (Lipinski definition) is 1. The van der Waals surface area contributed by atoms with E-state index in [0.717, 1.165) is 0 Å². The Hall–Kier alpha value is 0.0600. The fraction of sp³-hybridized carbons (Fsp3) is 0.167. The minimum Gasteiger partial charge on any atom is -0.285 e. The van der Waals surface area contributed by atoms with Crippen molar-refractivity contribution in [1.29, 1.82) is 0 Å². The minimum absolute atomic E-state index is 0. The molecule has 4 nitrogen and oxygen atoms in total. The molecule has 1 aromatic heterocycles. The largest absolute Gasteiger partial charge is 0.285 e. The predicted octanol–water partition coefficient (Wildman–Crippen LogP) is 0.0886. The van der Waals surface area contributed by atoms with Gasteiger partial charge in [-0.1, -0.05) is 6.07 Å². The Bertz CT molecular complexity index is 324. The van der Waals surface area contributed by atoms with Crippen molar-refractivity contribution < 1.29 is 13.0 Å². The van der Waals surface area contributed by atoms with Gasteiger partial charge in [0.1, 0.15) is 5.75 Å². The summed E-state index contributed by atoms with van der Waals surface area (Å²) >= 11 is 0. The summed E-state index contributed by atoms with van der Waals surface area (Å²) in [5.41, 5.74) is 0.343. The van der Waals surface area contributed by atoms with Crippen LogP contribution in [-0.2, 0) is 15.9 Å². The van der Waals surface area contributed by atoms with Crippen molar-refractivity contribution in [2.45, 2.75) is 5.75 Å². The van der Waals surface area contributed by atoms with Crippen molar-refractivity contribution >= 4 is 39.7 Å². The Morgan fingerprint density at radius 3 is 2.50 bits per heavy atom. The van der Waals surface area contributed by atoms with Gasteiger partial charge < -0.3 is 0 Å². The molecule has 1 radical (unpaired) electrons. The van der Waals surface area contributed by atoms with Gasteiger partial charge in [0.25, 0.3) is 10.1 Å². The first-order chi connectivity index (χ1) is 5.08. The summed E-state index contributed by atoms with van der Waals surface area (Å²) in [5, 5.41) is 0. The van der Waals surface area contributed by atoms with E-state index in [1.165, 1.54) is 12.3 Å². The monoisotopic (exact) mass is 196 g/mol. The van der Waals surface area contributed by atoms with Gasteiger partial charge in [0.2, 0.25) is 0 Å². The Morgan fingerprint density at radius 1 is 1.42 bits per heavy atom. The molecule has 0 spiro atoms. The number of hydrogen-bond acceptors (Lipinski definition) is 3. The third kappa shape index (κ3) is 4.84. The van der Waals surface area contributed by atoms with Crippen LogP contribution in [-0.4, -0.2) is 47.5 Å². The average Bonchev–Trinajstić information content (AvgIpc) is 1.85. The molecule has 0 bridgehead atoms. The van der Waals surface area contributed by atoms with E-state index in [1.54, 1.807) is 12.1 Å². The molecule has 0 saturated heterocycles. The van der Waals surface area contributed by atoms with Gasteiger partial charge in [0, 0.05) is 35.8 Å². The quantitative estimate of drug-likeness (QED) is 0.537. The van der Waals surface area contributed by atoms with Gasteiger partial charge in [-0.05, 0) is 12.1 Å². The Morgan fingerprint density at radius 2 is 2.08 bits per heavy atom. The zero-order valence-corrected chi connectivity index (χ0v) is 9.45. The number of pyridine rings is 1. The molecule has 1 heterocycles. The second-order valence-electron chi connectivity index (χ2n) is 2.05. The summed E-state index contributed by atoms with van der Waals surface area (Å²) in [6, 6.07) is 4.87. The molecule has 0 aliphatic rings. The Labute approximate surface area is 93.1 Å². The first-order valence-corrected chi connectivity index (χ1v) is 4.54. The van der Waals surface area contributed by atoms with E-state index in [2.05, 4.69) is 4.98 Å². The zero-order chi connectivity index (χ0) is 8.32. The second-order valence-corrected chi connectivity index (χ2v) is 3.50. The molecule has 0 aliphatic carbocycles. The molecule has 1 rings (SSSR count). The molecule has 0 unspecified atom stereocenters. The third-order valence-electron chi connectivity index (χ3n) is 1.06. The van der Waals surface area contributed by atoms with E-state index in [9.17, 15) is 8.42 Å². The number of nitrogens with zero attached hydrogens (tertiary/aromatic N) is 1. The zero-order valence-electron chi connectivity index (χ0n) is 6.64. The minimum atomic E-state index is -3.94. The maximum absolute atomic E-state index is 10.3. The fourth-order valence-electron chi connectivity index (χ4n) is 0.670. The molecular formula is C6H7NNaO3S. The number of rotatable bonds is 2. The summed E-state index contributed by atoms with van der Waals surface area (Å²) in [5.74, 6) is -0.423. The van der Waals surface area contributed by atoms with Crippen LogP contribution in [0, 0.1) is 0 Å². The molecule has 1 N–H and O–H groups in total. The fourth-order valence-corrected chi connectivity index (χ4v) is 1.21.